The van der Waals surface area contributed by atoms with Gasteiger partial charge in [-0.2, -0.15) is 0 Å². The highest BCUT2D eigenvalue weighted by molar-refractivity contribution is 7.17. The maximum absolute atomic E-state index is 14.6. The fourth-order valence-electron chi connectivity index (χ4n) is 7.61. The van der Waals surface area contributed by atoms with E-state index in [1.165, 1.54) is 0 Å². The van der Waals surface area contributed by atoms with E-state index >= 15 is 0 Å². The summed E-state index contributed by atoms with van der Waals surface area (Å²) in [6, 6.07) is 19.7. The molecule has 6 rings (SSSR count). The van der Waals surface area contributed by atoms with Crippen LogP contribution in [-0.4, -0.2) is 77.2 Å². The summed E-state index contributed by atoms with van der Waals surface area (Å²) in [6.07, 6.45) is 4.72. The predicted molar refractivity (Wildman–Crippen MR) is 230 cm³/mol. The molecule has 1 aliphatic carbocycles. The van der Waals surface area contributed by atoms with E-state index in [1.54, 1.807) is 17.5 Å². The van der Waals surface area contributed by atoms with Crippen molar-refractivity contribution in [3.8, 4) is 0 Å². The van der Waals surface area contributed by atoms with E-state index < -0.39 is 53.7 Å². The number of aromatic nitrogens is 1. The number of amides is 5. The molecular weight excluding hydrogens is 769 g/mol. The Morgan fingerprint density at radius 3 is 2.00 bits per heavy atom. The van der Waals surface area contributed by atoms with E-state index in [0.29, 0.717) is 19.3 Å². The maximum Gasteiger partial charge on any atom is 0.243 e. The summed E-state index contributed by atoms with van der Waals surface area (Å²) in [5.41, 5.74) is 26.1. The average Bonchev–Trinajstić information content (AvgIpc) is 3.96. The summed E-state index contributed by atoms with van der Waals surface area (Å²) in [4.78, 5) is 76.4. The minimum Gasteiger partial charge on any atom is -0.370 e. The van der Waals surface area contributed by atoms with Crippen molar-refractivity contribution in [3.63, 3.8) is 0 Å². The van der Waals surface area contributed by atoms with Crippen molar-refractivity contribution in [3.05, 3.63) is 107 Å². The van der Waals surface area contributed by atoms with Gasteiger partial charge in [0.05, 0.1) is 5.92 Å². The van der Waals surface area contributed by atoms with Crippen molar-refractivity contribution >= 4 is 67.8 Å². The van der Waals surface area contributed by atoms with Crippen LogP contribution in [0.3, 0.4) is 0 Å². The zero-order valence-electron chi connectivity index (χ0n) is 32.7. The number of rotatable bonds is 19. The van der Waals surface area contributed by atoms with Crippen LogP contribution in [0.2, 0.25) is 0 Å². The smallest absolute Gasteiger partial charge is 0.243 e. The third kappa shape index (κ3) is 11.2. The second-order valence-corrected chi connectivity index (χ2v) is 15.9. The van der Waals surface area contributed by atoms with Gasteiger partial charge in [-0.3, -0.25) is 29.0 Å². The zero-order valence-corrected chi connectivity index (χ0v) is 33.5. The van der Waals surface area contributed by atoms with E-state index in [2.05, 4.69) is 31.2 Å². The van der Waals surface area contributed by atoms with Crippen LogP contribution in [0.5, 0.6) is 0 Å². The first kappa shape index (κ1) is 42.3. The normalized spacial score (nSPS) is 17.0. The number of primary amides is 1. The molecule has 15 nitrogen and oxygen atoms in total. The number of carbonyl (C=O) groups excluding carboxylic acids is 5. The summed E-state index contributed by atoms with van der Waals surface area (Å²) in [6.45, 7) is 0.221. The van der Waals surface area contributed by atoms with E-state index in [4.69, 9.17) is 22.9 Å². The molecule has 0 bridgehead atoms. The number of para-hydroxylation sites is 1. The maximum atomic E-state index is 14.6. The monoisotopic (exact) mass is 820 g/mol. The van der Waals surface area contributed by atoms with E-state index in [1.807, 2.05) is 84.2 Å². The van der Waals surface area contributed by atoms with Crippen molar-refractivity contribution in [1.29, 1.82) is 0 Å². The minimum absolute atomic E-state index is 0.0471. The first-order valence-electron chi connectivity index (χ1n) is 19.8. The van der Waals surface area contributed by atoms with Crippen LogP contribution < -0.4 is 44.2 Å². The number of aromatic amines is 1. The molecule has 2 heterocycles. The van der Waals surface area contributed by atoms with Crippen LogP contribution in [0.25, 0.3) is 21.0 Å². The fraction of sp³-hybridized carbons (Fsp3) is 0.349. The predicted octanol–water partition coefficient (Wildman–Crippen LogP) is 2.02. The summed E-state index contributed by atoms with van der Waals surface area (Å²) in [5.74, 6) is -3.48. The number of hydrogen-bond donors (Lipinski definition) is 9. The number of thiophene rings is 1. The van der Waals surface area contributed by atoms with Crippen molar-refractivity contribution < 1.29 is 24.0 Å². The van der Waals surface area contributed by atoms with Crippen LogP contribution in [0, 0.1) is 5.92 Å². The number of fused-ring (bicyclic) bond motifs is 2. The highest BCUT2D eigenvalue weighted by Crippen LogP contribution is 2.28. The Labute approximate surface area is 346 Å². The lowest BCUT2D eigenvalue weighted by Crippen LogP contribution is -2.59. The van der Waals surface area contributed by atoms with Gasteiger partial charge in [0.25, 0.3) is 0 Å². The van der Waals surface area contributed by atoms with Crippen molar-refractivity contribution in [2.75, 3.05) is 6.54 Å². The molecule has 16 heteroatoms. The zero-order chi connectivity index (χ0) is 41.9. The summed E-state index contributed by atoms with van der Waals surface area (Å²) < 4.78 is 1.04. The summed E-state index contributed by atoms with van der Waals surface area (Å²) in [7, 11) is 0. The highest BCUT2D eigenvalue weighted by Gasteiger charge is 2.35. The number of aliphatic imine (C=N–C) groups is 1. The standard InChI is InChI=1S/C43H52N10O5S/c44-31-15-8-14-30(31)39(55)51-36(22-27-24-59-37-18-7-5-13-29(27)37)42(58)53-35(21-26-23-49-32-16-6-4-12-28(26)32)41(57)52-34(20-25-10-2-1-3-11-25)40(56)50-33(38(45)54)17-9-19-48-43(46)47/h1-7,10-13,16,18,23-24,30-31,33-36,49H,8-9,14-15,17,19-22,44H2,(H2,45,54)(H,50,56)(H,51,55)(H,52,57)(H,53,58)(H4,46,47,48)/t30-,31+,33-,34+,35-,36-/m1/s1. The molecule has 0 aliphatic heterocycles. The Kier molecular flexibility index (Phi) is 14.3. The number of nitrogens with two attached hydrogens (primary N) is 4. The van der Waals surface area contributed by atoms with Gasteiger partial charge in [-0.25, -0.2) is 0 Å². The van der Waals surface area contributed by atoms with Crippen molar-refractivity contribution in [2.24, 2.45) is 33.8 Å². The van der Waals surface area contributed by atoms with Gasteiger partial charge in [0.1, 0.15) is 24.2 Å². The molecule has 6 atom stereocenters. The third-order valence-corrected chi connectivity index (χ3v) is 11.8. The highest BCUT2D eigenvalue weighted by atomic mass is 32.1. The average molecular weight is 821 g/mol. The lowest BCUT2D eigenvalue weighted by molar-refractivity contribution is -0.134. The number of nitrogens with one attached hydrogen (secondary N) is 5. The quantitative estimate of drug-likeness (QED) is 0.0337. The molecule has 0 unspecified atom stereocenters. The second-order valence-electron chi connectivity index (χ2n) is 15.0. The number of hydrogen-bond acceptors (Lipinski definition) is 8. The van der Waals surface area contributed by atoms with Gasteiger partial charge in [-0.05, 0) is 65.3 Å². The molecule has 1 saturated carbocycles. The minimum atomic E-state index is -1.20. The lowest BCUT2D eigenvalue weighted by atomic mass is 9.99. The summed E-state index contributed by atoms with van der Waals surface area (Å²) in [5, 5.41) is 15.3. The molecule has 59 heavy (non-hydrogen) atoms. The Morgan fingerprint density at radius 1 is 0.712 bits per heavy atom. The van der Waals surface area contributed by atoms with Crippen molar-refractivity contribution in [2.45, 2.75) is 81.6 Å². The number of nitrogens with zero attached hydrogens (tertiary/aromatic N) is 1. The van der Waals surface area contributed by atoms with Gasteiger partial charge in [0.2, 0.25) is 29.5 Å². The Morgan fingerprint density at radius 2 is 1.32 bits per heavy atom. The molecule has 1 aliphatic rings. The number of benzene rings is 3. The van der Waals surface area contributed by atoms with Crippen LogP contribution >= 0.6 is 11.3 Å². The fourth-order valence-corrected chi connectivity index (χ4v) is 8.58. The SMILES string of the molecule is NC(=O)[C@@H](CCCN=C(N)N)NC(=O)[C@H](Cc1ccccc1)NC(=O)[C@@H](Cc1c[nH]c2ccccc12)NC(=O)[C@@H](Cc1csc2ccccc12)NC(=O)[C@@H]1CCC[C@@H]1N. The molecule has 310 valence electrons. The van der Waals surface area contributed by atoms with Crippen LogP contribution in [-0.2, 0) is 43.2 Å². The van der Waals surface area contributed by atoms with Gasteiger partial charge in [0, 0.05) is 53.6 Å². The molecule has 0 saturated heterocycles. The van der Waals surface area contributed by atoms with E-state index in [0.717, 1.165) is 44.1 Å². The number of carbonyl (C=O) groups is 5. The molecule has 0 radical (unpaired) electrons. The van der Waals surface area contributed by atoms with Gasteiger partial charge >= 0.3 is 0 Å². The largest absolute Gasteiger partial charge is 0.370 e. The molecular formula is C43H52N10O5S. The Hall–Kier alpha value is -6.26. The Bertz CT molecular complexity index is 2290. The molecule has 3 aromatic carbocycles. The first-order chi connectivity index (χ1) is 28.5. The van der Waals surface area contributed by atoms with Gasteiger partial charge < -0.3 is 49.2 Å². The van der Waals surface area contributed by atoms with Crippen molar-refractivity contribution in [1.82, 2.24) is 26.3 Å². The van der Waals surface area contributed by atoms with Crippen LogP contribution in [0.1, 0.15) is 48.8 Å². The van der Waals surface area contributed by atoms with Crippen LogP contribution in [0.15, 0.2) is 95.4 Å². The van der Waals surface area contributed by atoms with E-state index in [-0.39, 0.29) is 50.1 Å². The molecule has 2 aromatic heterocycles. The third-order valence-electron chi connectivity index (χ3n) is 10.8. The number of H-pyrrole nitrogens is 1. The van der Waals surface area contributed by atoms with E-state index in [9.17, 15) is 24.0 Å². The first-order valence-corrected chi connectivity index (χ1v) is 20.7. The Balaban J connectivity index is 1.29. The summed E-state index contributed by atoms with van der Waals surface area (Å²) >= 11 is 1.54. The molecule has 5 amide bonds. The second kappa shape index (κ2) is 19.9. The number of guanidine groups is 1. The van der Waals surface area contributed by atoms with Gasteiger partial charge in [-0.15, -0.1) is 11.3 Å². The molecule has 5 aromatic rings. The molecule has 1 fully saturated rings. The van der Waals surface area contributed by atoms with Crippen LogP contribution in [0.4, 0.5) is 0 Å². The lowest BCUT2D eigenvalue weighted by Gasteiger charge is -2.27. The van der Waals surface area contributed by atoms with Gasteiger partial charge in [-0.1, -0.05) is 73.2 Å². The topological polar surface area (TPSA) is 266 Å². The molecule has 13 N–H and O–H groups in total. The molecule has 0 spiro atoms. The van der Waals surface area contributed by atoms with Gasteiger partial charge in [0.15, 0.2) is 5.96 Å².